The number of anilines is 1. The van der Waals surface area contributed by atoms with Crippen molar-refractivity contribution in [2.75, 3.05) is 31.5 Å². The van der Waals surface area contributed by atoms with Crippen LogP contribution in [0, 0.1) is 11.6 Å². The molecule has 188 valence electrons. The van der Waals surface area contributed by atoms with Crippen LogP contribution in [-0.4, -0.2) is 47.8 Å². The molecule has 36 heavy (non-hydrogen) atoms. The Morgan fingerprint density at radius 2 is 1.39 bits per heavy atom. The lowest BCUT2D eigenvalue weighted by Crippen LogP contribution is -2.51. The molecule has 3 aromatic carbocycles. The van der Waals surface area contributed by atoms with Gasteiger partial charge in [0.1, 0.15) is 17.7 Å². The van der Waals surface area contributed by atoms with E-state index in [9.17, 15) is 31.5 Å². The van der Waals surface area contributed by atoms with Gasteiger partial charge in [-0.1, -0.05) is 30.3 Å². The largest absolute Gasteiger partial charge is 0.416 e. The number of halogens is 5. The van der Waals surface area contributed by atoms with Gasteiger partial charge in [-0.3, -0.25) is 14.5 Å². The smallest absolute Gasteiger partial charge is 0.336 e. The van der Waals surface area contributed by atoms with Crippen LogP contribution in [0.15, 0.2) is 72.8 Å². The highest BCUT2D eigenvalue weighted by molar-refractivity contribution is 5.96. The van der Waals surface area contributed by atoms with Crippen molar-refractivity contribution in [2.24, 2.45) is 0 Å². The molecule has 1 fully saturated rings. The van der Waals surface area contributed by atoms with E-state index < -0.39 is 41.2 Å². The number of nitrogens with one attached hydrogen (secondary N) is 1. The standard InChI is InChI=1S/C26H22F5N3O2/c27-20-14-18(15-21(28)16-20)25(36)34-12-10-33(11-13-34)23(17-4-2-1-3-5-17)24(35)32-22-8-6-19(7-9-22)26(29,30)31/h1-9,14-16,23H,10-13H2,(H,32,35)/t23-/m1/s1. The monoisotopic (exact) mass is 503 g/mol. The Morgan fingerprint density at radius 1 is 0.806 bits per heavy atom. The first-order chi connectivity index (χ1) is 17.1. The molecule has 0 radical (unpaired) electrons. The van der Waals surface area contributed by atoms with Crippen molar-refractivity contribution in [1.29, 1.82) is 0 Å². The fourth-order valence-corrected chi connectivity index (χ4v) is 4.16. The summed E-state index contributed by atoms with van der Waals surface area (Å²) in [6, 6.07) is 14.9. The number of carbonyl (C=O) groups is 2. The molecule has 5 nitrogen and oxygen atoms in total. The fourth-order valence-electron chi connectivity index (χ4n) is 4.16. The molecule has 3 aromatic rings. The summed E-state index contributed by atoms with van der Waals surface area (Å²) in [6.45, 7) is 1.02. The molecule has 2 amide bonds. The van der Waals surface area contributed by atoms with Crippen LogP contribution in [0.25, 0.3) is 0 Å². The number of rotatable bonds is 5. The first-order valence-corrected chi connectivity index (χ1v) is 11.1. The number of benzene rings is 3. The van der Waals surface area contributed by atoms with Gasteiger partial charge in [-0.15, -0.1) is 0 Å². The van der Waals surface area contributed by atoms with Crippen molar-refractivity contribution in [3.8, 4) is 0 Å². The average molecular weight is 503 g/mol. The van der Waals surface area contributed by atoms with Gasteiger partial charge in [0.2, 0.25) is 5.91 Å². The second-order valence-electron chi connectivity index (χ2n) is 8.36. The van der Waals surface area contributed by atoms with E-state index in [4.69, 9.17) is 0 Å². The van der Waals surface area contributed by atoms with Crippen LogP contribution in [0.5, 0.6) is 0 Å². The Kier molecular flexibility index (Phi) is 7.35. The highest BCUT2D eigenvalue weighted by Crippen LogP contribution is 2.30. The zero-order chi connectivity index (χ0) is 25.9. The Bertz CT molecular complexity index is 1200. The van der Waals surface area contributed by atoms with Crippen LogP contribution >= 0.6 is 0 Å². The Balaban J connectivity index is 1.48. The van der Waals surface area contributed by atoms with Crippen LogP contribution < -0.4 is 5.32 Å². The quantitative estimate of drug-likeness (QED) is 0.492. The third-order valence-electron chi connectivity index (χ3n) is 5.92. The van der Waals surface area contributed by atoms with Gasteiger partial charge < -0.3 is 10.2 Å². The molecule has 1 aliphatic rings. The summed E-state index contributed by atoms with van der Waals surface area (Å²) in [5.41, 5.74) is -0.0237. The van der Waals surface area contributed by atoms with Crippen molar-refractivity contribution in [3.05, 3.63) is 101 Å². The zero-order valence-corrected chi connectivity index (χ0v) is 18.9. The van der Waals surface area contributed by atoms with E-state index in [0.717, 1.165) is 24.3 Å². The molecule has 1 atom stereocenters. The van der Waals surface area contributed by atoms with E-state index in [2.05, 4.69) is 5.32 Å². The second-order valence-corrected chi connectivity index (χ2v) is 8.36. The van der Waals surface area contributed by atoms with E-state index in [1.807, 2.05) is 4.90 Å². The SMILES string of the molecule is O=C(Nc1ccc(C(F)(F)F)cc1)[C@@H](c1ccccc1)N1CCN(C(=O)c2cc(F)cc(F)c2)CC1. The van der Waals surface area contributed by atoms with Gasteiger partial charge in [0.25, 0.3) is 5.91 Å². The van der Waals surface area contributed by atoms with Crippen LogP contribution in [0.3, 0.4) is 0 Å². The normalized spacial score (nSPS) is 15.4. The van der Waals surface area contributed by atoms with Crippen LogP contribution in [0.2, 0.25) is 0 Å². The summed E-state index contributed by atoms with van der Waals surface area (Å²) in [5, 5.41) is 2.68. The summed E-state index contributed by atoms with van der Waals surface area (Å²) in [7, 11) is 0. The molecule has 0 aliphatic carbocycles. The lowest BCUT2D eigenvalue weighted by Gasteiger charge is -2.38. The van der Waals surface area contributed by atoms with Gasteiger partial charge in [-0.25, -0.2) is 8.78 Å². The average Bonchev–Trinajstić information content (AvgIpc) is 2.84. The van der Waals surface area contributed by atoms with Gasteiger partial charge in [0.15, 0.2) is 0 Å². The summed E-state index contributed by atoms with van der Waals surface area (Å²) in [5.74, 6) is -2.64. The maximum Gasteiger partial charge on any atom is 0.416 e. The first-order valence-electron chi connectivity index (χ1n) is 11.1. The molecular formula is C26H22F5N3O2. The molecule has 1 N–H and O–H groups in total. The maximum atomic E-state index is 13.5. The van der Waals surface area contributed by atoms with Crippen molar-refractivity contribution in [1.82, 2.24) is 9.80 Å². The zero-order valence-electron chi connectivity index (χ0n) is 18.9. The summed E-state index contributed by atoms with van der Waals surface area (Å²) >= 11 is 0. The predicted molar refractivity (Wildman–Crippen MR) is 123 cm³/mol. The summed E-state index contributed by atoms with van der Waals surface area (Å²) < 4.78 is 65.6. The molecule has 1 aliphatic heterocycles. The summed E-state index contributed by atoms with van der Waals surface area (Å²) in [4.78, 5) is 29.3. The minimum Gasteiger partial charge on any atom is -0.336 e. The lowest BCUT2D eigenvalue weighted by molar-refractivity contribution is -0.137. The molecule has 4 rings (SSSR count). The molecule has 0 saturated carbocycles. The fraction of sp³-hybridized carbons (Fsp3) is 0.231. The number of amides is 2. The minimum absolute atomic E-state index is 0.0967. The van der Waals surface area contributed by atoms with Gasteiger partial charge in [0.05, 0.1) is 5.56 Å². The number of nitrogens with zero attached hydrogens (tertiary/aromatic N) is 2. The molecular weight excluding hydrogens is 481 g/mol. The van der Waals surface area contributed by atoms with Crippen LogP contribution in [-0.2, 0) is 11.0 Å². The van der Waals surface area contributed by atoms with E-state index >= 15 is 0 Å². The number of piperazine rings is 1. The molecule has 0 unspecified atom stereocenters. The van der Waals surface area contributed by atoms with Crippen molar-refractivity contribution >= 4 is 17.5 Å². The number of carbonyl (C=O) groups excluding carboxylic acids is 2. The third kappa shape index (κ3) is 5.88. The Hall–Kier alpha value is -3.79. The number of hydrogen-bond donors (Lipinski definition) is 1. The van der Waals surface area contributed by atoms with Crippen LogP contribution in [0.1, 0.15) is 27.5 Å². The third-order valence-corrected chi connectivity index (χ3v) is 5.92. The van der Waals surface area contributed by atoms with E-state index in [1.54, 1.807) is 30.3 Å². The molecule has 1 heterocycles. The Labute approximate surface area is 204 Å². The highest BCUT2D eigenvalue weighted by Gasteiger charge is 2.33. The predicted octanol–water partition coefficient (Wildman–Crippen LogP) is 5.12. The van der Waals surface area contributed by atoms with Crippen molar-refractivity contribution in [3.63, 3.8) is 0 Å². The molecule has 10 heteroatoms. The van der Waals surface area contributed by atoms with Crippen LogP contribution in [0.4, 0.5) is 27.6 Å². The molecule has 1 saturated heterocycles. The number of hydrogen-bond acceptors (Lipinski definition) is 3. The van der Waals surface area contributed by atoms with E-state index in [1.165, 1.54) is 17.0 Å². The van der Waals surface area contributed by atoms with E-state index in [0.29, 0.717) is 24.7 Å². The van der Waals surface area contributed by atoms with Gasteiger partial charge in [-0.2, -0.15) is 13.2 Å². The summed E-state index contributed by atoms with van der Waals surface area (Å²) in [6.07, 6.45) is -4.48. The molecule has 0 bridgehead atoms. The lowest BCUT2D eigenvalue weighted by atomic mass is 10.0. The van der Waals surface area contributed by atoms with Crippen molar-refractivity contribution < 1.29 is 31.5 Å². The molecule has 0 aromatic heterocycles. The van der Waals surface area contributed by atoms with Gasteiger partial charge in [0, 0.05) is 43.5 Å². The topological polar surface area (TPSA) is 52.7 Å². The Morgan fingerprint density at radius 3 is 1.94 bits per heavy atom. The highest BCUT2D eigenvalue weighted by atomic mass is 19.4. The van der Waals surface area contributed by atoms with Gasteiger partial charge in [-0.05, 0) is 42.0 Å². The second kappa shape index (κ2) is 10.4. The van der Waals surface area contributed by atoms with Gasteiger partial charge >= 0.3 is 6.18 Å². The minimum atomic E-state index is -4.48. The first kappa shape index (κ1) is 25.3. The number of alkyl halides is 3. The maximum absolute atomic E-state index is 13.5. The van der Waals surface area contributed by atoms with E-state index in [-0.39, 0.29) is 24.3 Å². The molecule has 0 spiro atoms. The van der Waals surface area contributed by atoms with Crippen molar-refractivity contribution in [2.45, 2.75) is 12.2 Å².